The van der Waals surface area contributed by atoms with E-state index >= 15 is 0 Å². The molecule has 180 valence electrons. The number of piperidine rings is 1. The molecule has 9 heteroatoms. The Morgan fingerprint density at radius 2 is 2.00 bits per heavy atom. The number of hydrogen-bond acceptors (Lipinski definition) is 6. The molecular weight excluding hydrogens is 430 g/mol. The number of nitrogens with zero attached hydrogens (tertiary/aromatic N) is 3. The molecule has 4 N–H and O–H groups in total. The fourth-order valence-corrected chi connectivity index (χ4v) is 5.23. The van der Waals surface area contributed by atoms with Gasteiger partial charge in [-0.05, 0) is 38.8 Å². The molecule has 1 amide bonds. The zero-order valence-electron chi connectivity index (χ0n) is 19.9. The van der Waals surface area contributed by atoms with E-state index in [4.69, 9.17) is 4.98 Å². The molecule has 2 atom stereocenters. The summed E-state index contributed by atoms with van der Waals surface area (Å²) in [4.78, 5) is 33.4. The summed E-state index contributed by atoms with van der Waals surface area (Å²) in [7, 11) is 1.87. The van der Waals surface area contributed by atoms with Crippen LogP contribution in [0, 0.1) is 12.8 Å². The Balaban J connectivity index is 1.45. The highest BCUT2D eigenvalue weighted by Gasteiger charge is 2.33. The van der Waals surface area contributed by atoms with E-state index in [1.165, 1.54) is 19.3 Å². The van der Waals surface area contributed by atoms with Crippen molar-refractivity contribution in [2.75, 3.05) is 18.4 Å². The van der Waals surface area contributed by atoms with Gasteiger partial charge in [0.15, 0.2) is 5.82 Å². The monoisotopic (exact) mass is 463 g/mol. The average Bonchev–Trinajstić information content (AvgIpc) is 3.27. The summed E-state index contributed by atoms with van der Waals surface area (Å²) in [5.41, 5.74) is 3.00. The van der Waals surface area contributed by atoms with E-state index in [0.717, 1.165) is 42.3 Å². The highest BCUT2D eigenvalue weighted by atomic mass is 16.2. The Kier molecular flexibility index (Phi) is 6.36. The molecule has 2 aliphatic rings. The second-order valence-electron chi connectivity index (χ2n) is 9.69. The minimum atomic E-state index is -0.206. The second-order valence-corrected chi connectivity index (χ2v) is 9.69. The third-order valence-corrected chi connectivity index (χ3v) is 7.18. The number of aromatic amines is 1. The molecule has 2 fully saturated rings. The summed E-state index contributed by atoms with van der Waals surface area (Å²) in [6.07, 6.45) is 12.1. The standard InChI is InChI=1S/C25H33N7O2/c1-15-10-18-19(16-11-28-32(2)14-16)13-27-23(22(18)31-24(15)33)30-21-8-9-26-12-20(21)25(34)29-17-6-4-3-5-7-17/h10-11,13-14,17,20-21,26H,3-9,12H2,1-2H3,(H,27,30)(H,29,34)(H,31,33)/t20-,21-/m1/s1. The van der Waals surface area contributed by atoms with Crippen molar-refractivity contribution in [3.63, 3.8) is 0 Å². The number of nitrogens with one attached hydrogen (secondary N) is 4. The number of H-pyrrole nitrogens is 1. The topological polar surface area (TPSA) is 117 Å². The molecule has 0 bridgehead atoms. The van der Waals surface area contributed by atoms with Crippen LogP contribution in [-0.2, 0) is 11.8 Å². The lowest BCUT2D eigenvalue weighted by molar-refractivity contribution is -0.126. The minimum Gasteiger partial charge on any atom is -0.365 e. The number of rotatable bonds is 5. The first-order valence-electron chi connectivity index (χ1n) is 12.3. The maximum atomic E-state index is 13.2. The van der Waals surface area contributed by atoms with E-state index in [-0.39, 0.29) is 29.5 Å². The van der Waals surface area contributed by atoms with Crippen LogP contribution in [0.2, 0.25) is 0 Å². The number of fused-ring (bicyclic) bond motifs is 1. The van der Waals surface area contributed by atoms with Gasteiger partial charge in [0.2, 0.25) is 5.91 Å². The van der Waals surface area contributed by atoms with E-state index in [9.17, 15) is 9.59 Å². The van der Waals surface area contributed by atoms with E-state index in [0.29, 0.717) is 23.4 Å². The van der Waals surface area contributed by atoms with Gasteiger partial charge in [0.25, 0.3) is 5.56 Å². The summed E-state index contributed by atoms with van der Waals surface area (Å²) in [5, 5.41) is 15.4. The predicted molar refractivity (Wildman–Crippen MR) is 133 cm³/mol. The normalized spacial score (nSPS) is 21.5. The Morgan fingerprint density at radius 1 is 1.18 bits per heavy atom. The molecule has 5 rings (SSSR count). The lowest BCUT2D eigenvalue weighted by Gasteiger charge is -2.34. The fraction of sp³-hybridized carbons (Fsp3) is 0.520. The molecule has 1 aliphatic carbocycles. The Labute approximate surface area is 198 Å². The SMILES string of the molecule is Cc1cc2c(-c3cnn(C)c3)cnc(N[C@@H]3CCNC[C@H]3C(=O)NC3CCCCC3)c2[nH]c1=O. The number of carbonyl (C=O) groups excluding carboxylic acids is 1. The van der Waals surface area contributed by atoms with Gasteiger partial charge >= 0.3 is 0 Å². The van der Waals surface area contributed by atoms with E-state index in [2.05, 4.69) is 26.0 Å². The van der Waals surface area contributed by atoms with Gasteiger partial charge in [0.05, 0.1) is 17.6 Å². The molecule has 1 saturated carbocycles. The van der Waals surface area contributed by atoms with Crippen molar-refractivity contribution in [1.29, 1.82) is 0 Å². The van der Waals surface area contributed by atoms with Crippen molar-refractivity contribution in [1.82, 2.24) is 30.4 Å². The maximum Gasteiger partial charge on any atom is 0.251 e. The second kappa shape index (κ2) is 9.58. The fourth-order valence-electron chi connectivity index (χ4n) is 5.23. The van der Waals surface area contributed by atoms with Crippen molar-refractivity contribution in [3.8, 4) is 11.1 Å². The average molecular weight is 464 g/mol. The molecule has 0 spiro atoms. The molecule has 0 unspecified atom stereocenters. The van der Waals surface area contributed by atoms with Gasteiger partial charge in [0, 0.05) is 60.1 Å². The van der Waals surface area contributed by atoms with Crippen LogP contribution >= 0.6 is 0 Å². The summed E-state index contributed by atoms with van der Waals surface area (Å²) < 4.78 is 1.75. The minimum absolute atomic E-state index is 0.0745. The first kappa shape index (κ1) is 22.6. The highest BCUT2D eigenvalue weighted by molar-refractivity contribution is 5.99. The van der Waals surface area contributed by atoms with E-state index in [1.807, 2.05) is 25.5 Å². The summed E-state index contributed by atoms with van der Waals surface area (Å²) in [6.45, 7) is 3.25. The van der Waals surface area contributed by atoms with Gasteiger partial charge in [-0.25, -0.2) is 4.98 Å². The lowest BCUT2D eigenvalue weighted by Crippen LogP contribution is -2.53. The third-order valence-electron chi connectivity index (χ3n) is 7.18. The lowest BCUT2D eigenvalue weighted by atomic mass is 9.90. The molecule has 3 aromatic rings. The van der Waals surface area contributed by atoms with Gasteiger partial charge in [-0.3, -0.25) is 14.3 Å². The molecular formula is C25H33N7O2. The number of hydrogen-bond donors (Lipinski definition) is 4. The van der Waals surface area contributed by atoms with Crippen LogP contribution in [0.25, 0.3) is 22.0 Å². The first-order chi connectivity index (χ1) is 16.5. The number of amides is 1. The molecule has 34 heavy (non-hydrogen) atoms. The Morgan fingerprint density at radius 3 is 2.76 bits per heavy atom. The molecule has 3 aromatic heterocycles. The number of aromatic nitrogens is 4. The Hall–Kier alpha value is -3.20. The molecule has 1 aliphatic heterocycles. The third kappa shape index (κ3) is 4.57. The quantitative estimate of drug-likeness (QED) is 0.462. The van der Waals surface area contributed by atoms with Crippen molar-refractivity contribution >= 4 is 22.6 Å². The van der Waals surface area contributed by atoms with Crippen LogP contribution in [0.15, 0.2) is 29.5 Å². The smallest absolute Gasteiger partial charge is 0.251 e. The zero-order valence-corrected chi connectivity index (χ0v) is 19.9. The predicted octanol–water partition coefficient (Wildman–Crippen LogP) is 2.47. The van der Waals surface area contributed by atoms with Gasteiger partial charge in [-0.15, -0.1) is 0 Å². The Bertz CT molecular complexity index is 1240. The van der Waals surface area contributed by atoms with Crippen molar-refractivity contribution in [3.05, 3.63) is 40.6 Å². The van der Waals surface area contributed by atoms with Gasteiger partial charge < -0.3 is 20.9 Å². The van der Waals surface area contributed by atoms with Crippen molar-refractivity contribution in [2.45, 2.75) is 57.5 Å². The number of aryl methyl sites for hydroxylation is 2. The van der Waals surface area contributed by atoms with Crippen LogP contribution in [0.1, 0.15) is 44.1 Å². The number of anilines is 1. The van der Waals surface area contributed by atoms with Crippen molar-refractivity contribution < 1.29 is 4.79 Å². The largest absolute Gasteiger partial charge is 0.365 e. The zero-order chi connectivity index (χ0) is 23.7. The molecule has 0 aromatic carbocycles. The van der Waals surface area contributed by atoms with E-state index in [1.54, 1.807) is 17.8 Å². The van der Waals surface area contributed by atoms with Crippen LogP contribution < -0.4 is 21.5 Å². The summed E-state index contributed by atoms with van der Waals surface area (Å²) >= 11 is 0. The van der Waals surface area contributed by atoms with Gasteiger partial charge in [-0.1, -0.05) is 19.3 Å². The summed E-state index contributed by atoms with van der Waals surface area (Å²) in [6, 6.07) is 2.11. The van der Waals surface area contributed by atoms with Crippen LogP contribution in [0.5, 0.6) is 0 Å². The highest BCUT2D eigenvalue weighted by Crippen LogP contribution is 2.31. The maximum absolute atomic E-state index is 13.2. The van der Waals surface area contributed by atoms with Crippen LogP contribution in [0.3, 0.4) is 0 Å². The van der Waals surface area contributed by atoms with Crippen LogP contribution in [-0.4, -0.2) is 50.8 Å². The van der Waals surface area contributed by atoms with Gasteiger partial charge in [-0.2, -0.15) is 5.10 Å². The first-order valence-corrected chi connectivity index (χ1v) is 12.3. The molecule has 1 saturated heterocycles. The molecule has 4 heterocycles. The number of pyridine rings is 2. The van der Waals surface area contributed by atoms with Crippen LogP contribution in [0.4, 0.5) is 5.82 Å². The molecule has 9 nitrogen and oxygen atoms in total. The summed E-state index contributed by atoms with van der Waals surface area (Å²) in [5.74, 6) is 0.488. The van der Waals surface area contributed by atoms with Gasteiger partial charge in [0.1, 0.15) is 0 Å². The van der Waals surface area contributed by atoms with E-state index < -0.39 is 0 Å². The number of carbonyl (C=O) groups is 1. The van der Waals surface area contributed by atoms with Crippen molar-refractivity contribution in [2.24, 2.45) is 13.0 Å². The molecule has 0 radical (unpaired) electrons.